The molecule has 4 heteroatoms. The minimum Gasteiger partial charge on any atom is -0.332 e. The van der Waals surface area contributed by atoms with Gasteiger partial charge in [-0.05, 0) is 54.8 Å². The zero-order valence-electron chi connectivity index (χ0n) is 11.4. The van der Waals surface area contributed by atoms with Gasteiger partial charge in [-0.15, -0.1) is 0 Å². The Bertz CT molecular complexity index is 639. The molecule has 2 aromatic carbocycles. The third-order valence-electron chi connectivity index (χ3n) is 3.86. The van der Waals surface area contributed by atoms with Crippen LogP contribution in [-0.2, 0) is 0 Å². The van der Waals surface area contributed by atoms with Crippen molar-refractivity contribution in [2.24, 2.45) is 0 Å². The number of nitrogens with zero attached hydrogens (tertiary/aromatic N) is 1. The van der Waals surface area contributed by atoms with Gasteiger partial charge in [-0.25, -0.2) is 4.39 Å². The number of halogens is 2. The fourth-order valence-electron chi connectivity index (χ4n) is 2.80. The van der Waals surface area contributed by atoms with Crippen molar-refractivity contribution in [2.75, 3.05) is 6.54 Å². The van der Waals surface area contributed by atoms with Crippen LogP contribution in [0, 0.1) is 5.82 Å². The van der Waals surface area contributed by atoms with Crippen LogP contribution in [0.1, 0.15) is 34.8 Å². The van der Waals surface area contributed by atoms with E-state index in [1.807, 2.05) is 29.2 Å². The molecular weight excluding hydrogens is 289 g/mol. The topological polar surface area (TPSA) is 20.3 Å². The monoisotopic (exact) mass is 303 g/mol. The van der Waals surface area contributed by atoms with Gasteiger partial charge in [-0.2, -0.15) is 0 Å². The van der Waals surface area contributed by atoms with Crippen molar-refractivity contribution < 1.29 is 9.18 Å². The molecule has 0 aliphatic carbocycles. The minimum atomic E-state index is -0.331. The number of amides is 1. The summed E-state index contributed by atoms with van der Waals surface area (Å²) in [5.74, 6) is -0.380. The highest BCUT2D eigenvalue weighted by Crippen LogP contribution is 2.33. The zero-order valence-corrected chi connectivity index (χ0v) is 12.2. The van der Waals surface area contributed by atoms with E-state index in [-0.39, 0.29) is 17.8 Å². The lowest BCUT2D eigenvalue weighted by molar-refractivity contribution is 0.0735. The number of carbonyl (C=O) groups excluding carboxylic acids is 1. The van der Waals surface area contributed by atoms with E-state index in [9.17, 15) is 9.18 Å². The van der Waals surface area contributed by atoms with E-state index in [2.05, 4.69) is 0 Å². The van der Waals surface area contributed by atoms with E-state index in [1.54, 1.807) is 0 Å². The molecule has 2 aromatic rings. The Balaban J connectivity index is 1.85. The van der Waals surface area contributed by atoms with E-state index in [0.29, 0.717) is 10.6 Å². The largest absolute Gasteiger partial charge is 0.332 e. The SMILES string of the molecule is O=C(c1ccc(F)cc1)N1CCC[C@@H]1c1ccc(Cl)cc1. The minimum absolute atomic E-state index is 0.0487. The molecular formula is C17H15ClFNO. The van der Waals surface area contributed by atoms with Crippen molar-refractivity contribution in [3.05, 3.63) is 70.5 Å². The number of rotatable bonds is 2. The summed E-state index contributed by atoms with van der Waals surface area (Å²) in [6, 6.07) is 13.4. The molecule has 1 amide bonds. The standard InChI is InChI=1S/C17H15ClFNO/c18-14-7-3-12(4-8-14)16-2-1-11-20(16)17(21)13-5-9-15(19)10-6-13/h3-10,16H,1-2,11H2/t16-/m1/s1. The third-order valence-corrected chi connectivity index (χ3v) is 4.11. The fraction of sp³-hybridized carbons (Fsp3) is 0.235. The molecule has 3 rings (SSSR count). The van der Waals surface area contributed by atoms with Crippen molar-refractivity contribution in [2.45, 2.75) is 18.9 Å². The Morgan fingerprint density at radius 3 is 2.43 bits per heavy atom. The van der Waals surface area contributed by atoms with Crippen LogP contribution in [0.4, 0.5) is 4.39 Å². The van der Waals surface area contributed by atoms with E-state index in [4.69, 9.17) is 11.6 Å². The lowest BCUT2D eigenvalue weighted by Crippen LogP contribution is -2.30. The summed E-state index contributed by atoms with van der Waals surface area (Å²) >= 11 is 5.91. The summed E-state index contributed by atoms with van der Waals surface area (Å²) in [6.07, 6.45) is 1.91. The van der Waals surface area contributed by atoms with Crippen molar-refractivity contribution in [3.8, 4) is 0 Å². The van der Waals surface area contributed by atoms with Crippen LogP contribution < -0.4 is 0 Å². The van der Waals surface area contributed by atoms with Crippen LogP contribution in [0.15, 0.2) is 48.5 Å². The maximum Gasteiger partial charge on any atom is 0.254 e. The van der Waals surface area contributed by atoms with Gasteiger partial charge < -0.3 is 4.90 Å². The van der Waals surface area contributed by atoms with Crippen LogP contribution in [0.2, 0.25) is 5.02 Å². The number of hydrogen-bond acceptors (Lipinski definition) is 1. The highest BCUT2D eigenvalue weighted by Gasteiger charge is 2.30. The highest BCUT2D eigenvalue weighted by atomic mass is 35.5. The fourth-order valence-corrected chi connectivity index (χ4v) is 2.93. The Kier molecular flexibility index (Phi) is 3.93. The van der Waals surface area contributed by atoms with Crippen LogP contribution in [0.3, 0.4) is 0 Å². The van der Waals surface area contributed by atoms with Gasteiger partial charge >= 0.3 is 0 Å². The second kappa shape index (κ2) is 5.86. The molecule has 0 N–H and O–H groups in total. The Morgan fingerprint density at radius 1 is 1.10 bits per heavy atom. The van der Waals surface area contributed by atoms with Gasteiger partial charge in [0.2, 0.25) is 0 Å². The number of benzene rings is 2. The van der Waals surface area contributed by atoms with Crippen molar-refractivity contribution in [3.63, 3.8) is 0 Å². The Morgan fingerprint density at radius 2 is 1.76 bits per heavy atom. The molecule has 1 heterocycles. The first kappa shape index (κ1) is 14.1. The summed E-state index contributed by atoms with van der Waals surface area (Å²) in [4.78, 5) is 14.4. The summed E-state index contributed by atoms with van der Waals surface area (Å²) < 4.78 is 13.0. The summed E-state index contributed by atoms with van der Waals surface area (Å²) in [5, 5.41) is 0.688. The van der Waals surface area contributed by atoms with Gasteiger partial charge in [-0.3, -0.25) is 4.79 Å². The average Bonchev–Trinajstić information content (AvgIpc) is 2.97. The molecule has 1 fully saturated rings. The quantitative estimate of drug-likeness (QED) is 0.802. The predicted molar refractivity (Wildman–Crippen MR) is 80.9 cm³/mol. The Hall–Kier alpha value is -1.87. The molecule has 2 nitrogen and oxygen atoms in total. The molecule has 108 valence electrons. The van der Waals surface area contributed by atoms with Gasteiger partial charge in [0.1, 0.15) is 5.82 Å². The molecule has 0 spiro atoms. The van der Waals surface area contributed by atoms with E-state index >= 15 is 0 Å². The molecule has 1 aliphatic heterocycles. The predicted octanol–water partition coefficient (Wildman–Crippen LogP) is 4.46. The molecule has 21 heavy (non-hydrogen) atoms. The molecule has 0 unspecified atom stereocenters. The third kappa shape index (κ3) is 2.93. The van der Waals surface area contributed by atoms with Crippen LogP contribution >= 0.6 is 11.6 Å². The van der Waals surface area contributed by atoms with E-state index in [0.717, 1.165) is 24.9 Å². The van der Waals surface area contributed by atoms with Crippen molar-refractivity contribution in [1.29, 1.82) is 0 Å². The van der Waals surface area contributed by atoms with Crippen LogP contribution in [-0.4, -0.2) is 17.4 Å². The molecule has 0 saturated carbocycles. The first-order valence-electron chi connectivity index (χ1n) is 6.97. The van der Waals surface area contributed by atoms with E-state index < -0.39 is 0 Å². The normalized spacial score (nSPS) is 18.0. The number of hydrogen-bond donors (Lipinski definition) is 0. The molecule has 0 aromatic heterocycles. The van der Waals surface area contributed by atoms with Crippen LogP contribution in [0.25, 0.3) is 0 Å². The molecule has 0 bridgehead atoms. The molecule has 0 radical (unpaired) electrons. The van der Waals surface area contributed by atoms with Crippen molar-refractivity contribution in [1.82, 2.24) is 4.90 Å². The number of carbonyl (C=O) groups is 1. The van der Waals surface area contributed by atoms with Gasteiger partial charge in [0.15, 0.2) is 0 Å². The molecule has 1 saturated heterocycles. The maximum absolute atomic E-state index is 13.0. The first-order valence-corrected chi connectivity index (χ1v) is 7.35. The smallest absolute Gasteiger partial charge is 0.254 e. The lowest BCUT2D eigenvalue weighted by Gasteiger charge is -2.25. The summed E-state index contributed by atoms with van der Waals surface area (Å²) in [7, 11) is 0. The first-order chi connectivity index (χ1) is 10.1. The van der Waals surface area contributed by atoms with Gasteiger partial charge in [0, 0.05) is 17.1 Å². The second-order valence-electron chi connectivity index (χ2n) is 5.22. The maximum atomic E-state index is 13.0. The zero-order chi connectivity index (χ0) is 14.8. The highest BCUT2D eigenvalue weighted by molar-refractivity contribution is 6.30. The van der Waals surface area contributed by atoms with E-state index in [1.165, 1.54) is 24.3 Å². The van der Waals surface area contributed by atoms with Gasteiger partial charge in [0.05, 0.1) is 6.04 Å². The average molecular weight is 304 g/mol. The van der Waals surface area contributed by atoms with Gasteiger partial charge in [0.25, 0.3) is 5.91 Å². The summed E-state index contributed by atoms with van der Waals surface area (Å²) in [5.41, 5.74) is 1.62. The molecule has 1 atom stereocenters. The number of likely N-dealkylation sites (tertiary alicyclic amines) is 1. The Labute approximate surface area is 128 Å². The van der Waals surface area contributed by atoms with Gasteiger partial charge in [-0.1, -0.05) is 23.7 Å². The summed E-state index contributed by atoms with van der Waals surface area (Å²) in [6.45, 7) is 0.726. The second-order valence-corrected chi connectivity index (χ2v) is 5.65. The van der Waals surface area contributed by atoms with Crippen LogP contribution in [0.5, 0.6) is 0 Å². The van der Waals surface area contributed by atoms with Crippen molar-refractivity contribution >= 4 is 17.5 Å². The molecule has 1 aliphatic rings. The lowest BCUT2D eigenvalue weighted by atomic mass is 10.0.